The largest absolute Gasteiger partial charge is 0.376 e. The van der Waals surface area contributed by atoms with Gasteiger partial charge in [-0.3, -0.25) is 9.79 Å². The average molecular weight is 500 g/mol. The van der Waals surface area contributed by atoms with E-state index in [4.69, 9.17) is 9.73 Å². The number of hydrogen-bond donors (Lipinski definition) is 0. The molecular weight excluding hydrogens is 442 g/mol. The molecule has 0 spiro atoms. The molecular formula is C33H57NO2. The molecule has 0 bridgehead atoms. The Labute approximate surface area is 224 Å². The SMILES string of the molecule is CC/C=C(/C=N/C(/C=C(\C)C(C)(C)C)=C(\C)C(C)CC)C(=O)/C=C/CCC(CCC)COC(C)(C)C. The molecule has 0 aliphatic carbocycles. The van der Waals surface area contributed by atoms with E-state index in [1.54, 1.807) is 12.3 Å². The Balaban J connectivity index is 5.59. The Hall–Kier alpha value is -1.74. The van der Waals surface area contributed by atoms with E-state index in [0.29, 0.717) is 17.4 Å². The highest BCUT2D eigenvalue weighted by molar-refractivity contribution is 6.18. The maximum Gasteiger partial charge on any atom is 0.186 e. The molecule has 36 heavy (non-hydrogen) atoms. The van der Waals surface area contributed by atoms with Crippen molar-refractivity contribution in [2.45, 2.75) is 127 Å². The van der Waals surface area contributed by atoms with E-state index >= 15 is 0 Å². The molecule has 2 atom stereocenters. The Morgan fingerprint density at radius 3 is 2.14 bits per heavy atom. The molecule has 0 fully saturated rings. The molecule has 0 heterocycles. The van der Waals surface area contributed by atoms with E-state index in [-0.39, 0.29) is 16.8 Å². The maximum atomic E-state index is 13.0. The quantitative estimate of drug-likeness (QED) is 0.128. The minimum absolute atomic E-state index is 0.0237. The summed E-state index contributed by atoms with van der Waals surface area (Å²) < 4.78 is 6.01. The molecule has 0 aromatic heterocycles. The van der Waals surface area contributed by atoms with Crippen LogP contribution in [0.25, 0.3) is 0 Å². The number of allylic oxidation sites excluding steroid dienone is 7. The minimum Gasteiger partial charge on any atom is -0.376 e. The molecule has 0 N–H and O–H groups in total. The Kier molecular flexibility index (Phi) is 16.1. The third-order valence-electron chi connectivity index (χ3n) is 6.80. The Bertz CT molecular complexity index is 810. The predicted molar refractivity (Wildman–Crippen MR) is 160 cm³/mol. The first-order chi connectivity index (χ1) is 16.7. The molecule has 0 saturated heterocycles. The number of rotatable bonds is 15. The summed E-state index contributed by atoms with van der Waals surface area (Å²) in [6, 6.07) is 0. The van der Waals surface area contributed by atoms with Crippen LogP contribution in [0.15, 0.2) is 51.7 Å². The molecule has 0 saturated carbocycles. The van der Waals surface area contributed by atoms with Crippen LogP contribution >= 0.6 is 0 Å². The van der Waals surface area contributed by atoms with Gasteiger partial charge < -0.3 is 4.74 Å². The van der Waals surface area contributed by atoms with E-state index in [0.717, 1.165) is 50.8 Å². The fourth-order valence-electron chi connectivity index (χ4n) is 3.51. The fraction of sp³-hybridized carbons (Fsp3) is 0.697. The van der Waals surface area contributed by atoms with Gasteiger partial charge in [-0.2, -0.15) is 0 Å². The summed E-state index contributed by atoms with van der Waals surface area (Å²) in [4.78, 5) is 17.9. The van der Waals surface area contributed by atoms with E-state index in [1.165, 1.54) is 11.1 Å². The summed E-state index contributed by atoms with van der Waals surface area (Å²) in [5, 5.41) is 0. The molecule has 3 nitrogen and oxygen atoms in total. The van der Waals surface area contributed by atoms with Crippen molar-refractivity contribution in [3.8, 4) is 0 Å². The highest BCUT2D eigenvalue weighted by Crippen LogP contribution is 2.28. The third kappa shape index (κ3) is 14.7. The molecule has 0 aromatic carbocycles. The number of hydrogen-bond acceptors (Lipinski definition) is 3. The van der Waals surface area contributed by atoms with E-state index in [1.807, 2.05) is 12.2 Å². The Morgan fingerprint density at radius 1 is 1.00 bits per heavy atom. The van der Waals surface area contributed by atoms with Crippen LogP contribution in [0.5, 0.6) is 0 Å². The summed E-state index contributed by atoms with van der Waals surface area (Å²) in [6.45, 7) is 26.8. The van der Waals surface area contributed by atoms with Gasteiger partial charge in [-0.25, -0.2) is 0 Å². The van der Waals surface area contributed by atoms with Crippen molar-refractivity contribution < 1.29 is 9.53 Å². The molecule has 0 aliphatic heterocycles. The van der Waals surface area contributed by atoms with Gasteiger partial charge in [0.1, 0.15) is 0 Å². The summed E-state index contributed by atoms with van der Waals surface area (Å²) in [5.41, 5.74) is 4.13. The summed E-state index contributed by atoms with van der Waals surface area (Å²) >= 11 is 0. The molecule has 3 heteroatoms. The first kappa shape index (κ1) is 34.3. The van der Waals surface area contributed by atoms with Gasteiger partial charge >= 0.3 is 0 Å². The average Bonchev–Trinajstić information content (AvgIpc) is 2.79. The normalized spacial score (nSPS) is 16.6. The van der Waals surface area contributed by atoms with Crippen molar-refractivity contribution in [1.82, 2.24) is 0 Å². The zero-order valence-electron chi connectivity index (χ0n) is 25.8. The van der Waals surface area contributed by atoms with Gasteiger partial charge in [-0.05, 0) is 102 Å². The lowest BCUT2D eigenvalue weighted by atomic mass is 9.86. The van der Waals surface area contributed by atoms with Gasteiger partial charge in [-0.15, -0.1) is 0 Å². The molecule has 0 aliphatic rings. The van der Waals surface area contributed by atoms with E-state index in [2.05, 4.69) is 89.2 Å². The third-order valence-corrected chi connectivity index (χ3v) is 6.80. The van der Waals surface area contributed by atoms with Crippen LogP contribution in [0.3, 0.4) is 0 Å². The summed E-state index contributed by atoms with van der Waals surface area (Å²) in [7, 11) is 0. The number of nitrogens with zero attached hydrogens (tertiary/aromatic N) is 1. The van der Waals surface area contributed by atoms with Crippen molar-refractivity contribution in [3.05, 3.63) is 46.7 Å². The number of ether oxygens (including phenoxy) is 1. The van der Waals surface area contributed by atoms with Crippen molar-refractivity contribution >= 4 is 12.0 Å². The molecule has 0 rings (SSSR count). The molecule has 206 valence electrons. The van der Waals surface area contributed by atoms with Crippen molar-refractivity contribution in [1.29, 1.82) is 0 Å². The summed E-state index contributed by atoms with van der Waals surface area (Å²) in [6.07, 6.45) is 15.7. The zero-order valence-corrected chi connectivity index (χ0v) is 25.8. The van der Waals surface area contributed by atoms with E-state index < -0.39 is 0 Å². The minimum atomic E-state index is -0.113. The standard InChI is InChI=1S/C33H57NO2/c1-13-18-28(24-36-33(10,11)12)20-16-17-21-31(35)29(19-14-2)23-34-30(27(6)25(4)15-3)22-26(5)32(7,8)9/h17,19,21-23,25,28H,13-16,18,20,24H2,1-12H3/b21-17+,26-22+,29-19-,30-27+,34-23+. The topological polar surface area (TPSA) is 38.7 Å². The van der Waals surface area contributed by atoms with Crippen LogP contribution in [-0.2, 0) is 9.53 Å². The fourth-order valence-corrected chi connectivity index (χ4v) is 3.51. The van der Waals surface area contributed by atoms with Gasteiger partial charge in [0.15, 0.2) is 5.78 Å². The smallest absolute Gasteiger partial charge is 0.186 e. The van der Waals surface area contributed by atoms with Crippen molar-refractivity contribution in [2.75, 3.05) is 6.61 Å². The number of carbonyl (C=O) groups excluding carboxylic acids is 1. The van der Waals surface area contributed by atoms with Crippen molar-refractivity contribution in [3.63, 3.8) is 0 Å². The van der Waals surface area contributed by atoms with Crippen LogP contribution in [0.2, 0.25) is 0 Å². The second kappa shape index (κ2) is 16.9. The lowest BCUT2D eigenvalue weighted by molar-refractivity contribution is -0.110. The second-order valence-electron chi connectivity index (χ2n) is 12.2. The van der Waals surface area contributed by atoms with Gasteiger partial charge in [-0.1, -0.05) is 72.6 Å². The first-order valence-corrected chi connectivity index (χ1v) is 14.1. The number of carbonyl (C=O) groups is 1. The number of aliphatic imine (C=N–C) groups is 1. The predicted octanol–water partition coefficient (Wildman–Crippen LogP) is 9.84. The maximum absolute atomic E-state index is 13.0. The van der Waals surface area contributed by atoms with Gasteiger partial charge in [0.05, 0.1) is 17.9 Å². The Morgan fingerprint density at radius 2 is 1.64 bits per heavy atom. The first-order valence-electron chi connectivity index (χ1n) is 14.1. The van der Waals surface area contributed by atoms with Crippen LogP contribution in [-0.4, -0.2) is 24.2 Å². The monoisotopic (exact) mass is 499 g/mol. The van der Waals surface area contributed by atoms with Crippen molar-refractivity contribution in [2.24, 2.45) is 22.2 Å². The van der Waals surface area contributed by atoms with Gasteiger partial charge in [0.25, 0.3) is 0 Å². The van der Waals surface area contributed by atoms with Crippen LogP contribution in [0.4, 0.5) is 0 Å². The molecule has 2 unspecified atom stereocenters. The molecule has 0 aromatic rings. The highest BCUT2D eigenvalue weighted by atomic mass is 16.5. The highest BCUT2D eigenvalue weighted by Gasteiger charge is 2.16. The molecule has 0 radical (unpaired) electrons. The van der Waals surface area contributed by atoms with Crippen LogP contribution < -0.4 is 0 Å². The zero-order chi connectivity index (χ0) is 27.9. The lowest BCUT2D eigenvalue weighted by Gasteiger charge is -2.24. The molecule has 0 amide bonds. The second-order valence-corrected chi connectivity index (χ2v) is 12.2. The van der Waals surface area contributed by atoms with Crippen LogP contribution in [0, 0.1) is 17.3 Å². The lowest BCUT2D eigenvalue weighted by Crippen LogP contribution is -2.23. The van der Waals surface area contributed by atoms with Gasteiger partial charge in [0.2, 0.25) is 0 Å². The summed E-state index contributed by atoms with van der Waals surface area (Å²) in [5.74, 6) is 0.986. The van der Waals surface area contributed by atoms with Gasteiger partial charge in [0, 0.05) is 11.8 Å². The van der Waals surface area contributed by atoms with E-state index in [9.17, 15) is 4.79 Å². The van der Waals surface area contributed by atoms with Crippen LogP contribution in [0.1, 0.15) is 122 Å². The number of ketones is 1.